The van der Waals surface area contributed by atoms with Crippen molar-refractivity contribution >= 4 is 33.8 Å². The van der Waals surface area contributed by atoms with Gasteiger partial charge in [-0.25, -0.2) is 9.78 Å². The summed E-state index contributed by atoms with van der Waals surface area (Å²) in [5.41, 5.74) is -1.51. The number of aliphatic hydroxyl groups excluding tert-OH is 2. The van der Waals surface area contributed by atoms with Crippen molar-refractivity contribution < 1.29 is 24.9 Å². The summed E-state index contributed by atoms with van der Waals surface area (Å²) in [6.07, 6.45) is -0.138. The number of aromatic nitrogens is 4. The van der Waals surface area contributed by atoms with Gasteiger partial charge in [0.2, 0.25) is 6.41 Å². The molecule has 3 aromatic rings. The van der Waals surface area contributed by atoms with Crippen LogP contribution in [0.4, 0.5) is 5.69 Å². The summed E-state index contributed by atoms with van der Waals surface area (Å²) < 4.78 is 6.86. The van der Waals surface area contributed by atoms with Gasteiger partial charge in [0.25, 0.3) is 5.56 Å². The van der Waals surface area contributed by atoms with Gasteiger partial charge in [0, 0.05) is 17.0 Å². The van der Waals surface area contributed by atoms with Crippen molar-refractivity contribution in [3.8, 4) is 0 Å². The van der Waals surface area contributed by atoms with Crippen LogP contribution in [0.1, 0.15) is 13.2 Å². The van der Waals surface area contributed by atoms with E-state index in [1.165, 1.54) is 30.1 Å². The molecule has 2 aromatic heterocycles. The number of amides is 1. The van der Waals surface area contributed by atoms with Crippen LogP contribution in [-0.4, -0.2) is 66.1 Å². The van der Waals surface area contributed by atoms with Gasteiger partial charge in [-0.05, 0) is 13.0 Å². The zero-order valence-corrected chi connectivity index (χ0v) is 14.2. The van der Waals surface area contributed by atoms with E-state index in [0.717, 1.165) is 0 Å². The van der Waals surface area contributed by atoms with Crippen LogP contribution < -0.4 is 10.9 Å². The van der Waals surface area contributed by atoms with E-state index >= 15 is 0 Å². The molecule has 3 heterocycles. The standard InChI is InChI=1S/C16H17N5O6/c1-16(26)13(24)11(5-22)27-15(16)21-4-8-9(17-6-23)2-7-12(8)10(20-21)3-18-19-14(7)25/h2-4,6,11,13,15,22,24,26H,5H2,1H3,(H,17,23)(H,19,25)/t11-,13-,15-,16-/m1/s1. The Morgan fingerprint density at radius 1 is 1.48 bits per heavy atom. The molecular weight excluding hydrogens is 358 g/mol. The summed E-state index contributed by atoms with van der Waals surface area (Å²) in [5, 5.41) is 44.5. The van der Waals surface area contributed by atoms with Crippen molar-refractivity contribution in [2.75, 3.05) is 11.9 Å². The number of nitrogens with zero attached hydrogens (tertiary/aromatic N) is 3. The first-order valence-electron chi connectivity index (χ1n) is 8.14. The van der Waals surface area contributed by atoms with Crippen LogP contribution in [-0.2, 0) is 9.53 Å². The van der Waals surface area contributed by atoms with E-state index in [9.17, 15) is 24.9 Å². The van der Waals surface area contributed by atoms with Crippen molar-refractivity contribution in [2.24, 2.45) is 0 Å². The number of nitrogens with one attached hydrogen (secondary N) is 2. The Hall–Kier alpha value is -2.86. The zero-order valence-electron chi connectivity index (χ0n) is 14.2. The summed E-state index contributed by atoms with van der Waals surface area (Å²) in [6, 6.07) is 1.50. The maximum Gasteiger partial charge on any atom is 0.272 e. The molecule has 1 fully saturated rings. The van der Waals surface area contributed by atoms with Crippen LogP contribution in [0.2, 0.25) is 0 Å². The number of H-pyrrole nitrogens is 1. The molecule has 1 aromatic carbocycles. The summed E-state index contributed by atoms with van der Waals surface area (Å²) in [6.45, 7) is 0.886. The molecule has 1 saturated heterocycles. The third kappa shape index (κ3) is 2.51. The maximum atomic E-state index is 12.2. The Balaban J connectivity index is 1.99. The van der Waals surface area contributed by atoms with E-state index in [0.29, 0.717) is 28.4 Å². The fourth-order valence-corrected chi connectivity index (χ4v) is 3.48. The van der Waals surface area contributed by atoms with Gasteiger partial charge >= 0.3 is 0 Å². The summed E-state index contributed by atoms with van der Waals surface area (Å²) in [5.74, 6) is 0. The van der Waals surface area contributed by atoms with Gasteiger partial charge in [0.1, 0.15) is 23.3 Å². The Morgan fingerprint density at radius 3 is 2.93 bits per heavy atom. The molecule has 142 valence electrons. The number of hydrogen-bond acceptors (Lipinski definition) is 8. The van der Waals surface area contributed by atoms with Crippen LogP contribution in [0.5, 0.6) is 0 Å². The molecule has 5 N–H and O–H groups in total. The third-order valence-corrected chi connectivity index (χ3v) is 4.85. The van der Waals surface area contributed by atoms with E-state index in [-0.39, 0.29) is 5.39 Å². The number of aliphatic hydroxyl groups is 3. The SMILES string of the molecule is C[C@@]1(O)[C@H](O)[C@@H](CO)O[C@H]1n1cc2c(NC=O)cc3c(=O)[nH]ncc(n1)c23. The second-order valence-corrected chi connectivity index (χ2v) is 6.60. The Morgan fingerprint density at radius 2 is 2.26 bits per heavy atom. The normalized spacial score (nSPS) is 28.1. The molecule has 0 saturated carbocycles. The Kier molecular flexibility index (Phi) is 3.96. The minimum absolute atomic E-state index is 0.286. The average molecular weight is 375 g/mol. The molecule has 1 aliphatic rings. The molecular formula is C16H17N5O6. The zero-order chi connectivity index (χ0) is 19.3. The molecule has 0 radical (unpaired) electrons. The molecule has 1 amide bonds. The number of rotatable bonds is 4. The molecule has 0 bridgehead atoms. The molecule has 0 aliphatic carbocycles. The smallest absolute Gasteiger partial charge is 0.272 e. The van der Waals surface area contributed by atoms with E-state index in [4.69, 9.17) is 4.74 Å². The average Bonchev–Trinajstić information content (AvgIpc) is 3.04. The second kappa shape index (κ2) is 6.09. The largest absolute Gasteiger partial charge is 0.394 e. The van der Waals surface area contributed by atoms with Gasteiger partial charge in [-0.15, -0.1) is 0 Å². The third-order valence-electron chi connectivity index (χ3n) is 4.85. The minimum Gasteiger partial charge on any atom is -0.394 e. The van der Waals surface area contributed by atoms with Crippen molar-refractivity contribution in [2.45, 2.75) is 31.0 Å². The molecule has 11 heteroatoms. The van der Waals surface area contributed by atoms with Crippen LogP contribution in [0.25, 0.3) is 21.7 Å². The number of ether oxygens (including phenoxy) is 1. The molecule has 1 aliphatic heterocycles. The molecule has 27 heavy (non-hydrogen) atoms. The van der Waals surface area contributed by atoms with E-state index in [2.05, 4.69) is 20.6 Å². The molecule has 4 atom stereocenters. The maximum absolute atomic E-state index is 12.2. The predicted molar refractivity (Wildman–Crippen MR) is 93.0 cm³/mol. The molecule has 4 rings (SSSR count). The summed E-state index contributed by atoms with van der Waals surface area (Å²) in [7, 11) is 0. The first-order chi connectivity index (χ1) is 12.9. The lowest BCUT2D eigenvalue weighted by Crippen LogP contribution is -2.44. The van der Waals surface area contributed by atoms with Gasteiger partial charge in [-0.2, -0.15) is 10.2 Å². The number of aromatic amines is 1. The van der Waals surface area contributed by atoms with Gasteiger partial charge < -0.3 is 25.4 Å². The Bertz CT molecular complexity index is 1090. The summed E-state index contributed by atoms with van der Waals surface area (Å²) >= 11 is 0. The van der Waals surface area contributed by atoms with Gasteiger partial charge in [0.05, 0.1) is 23.9 Å². The van der Waals surface area contributed by atoms with Gasteiger partial charge in [0.15, 0.2) is 6.23 Å². The van der Waals surface area contributed by atoms with Crippen molar-refractivity contribution in [1.29, 1.82) is 0 Å². The second-order valence-electron chi connectivity index (χ2n) is 6.60. The van der Waals surface area contributed by atoms with E-state index in [1.807, 2.05) is 0 Å². The van der Waals surface area contributed by atoms with Crippen LogP contribution in [0.15, 0.2) is 23.3 Å². The number of hydrogen-bond donors (Lipinski definition) is 5. The highest BCUT2D eigenvalue weighted by Gasteiger charge is 2.53. The topological polar surface area (TPSA) is 163 Å². The van der Waals surface area contributed by atoms with E-state index in [1.54, 1.807) is 0 Å². The number of carbonyl (C=O) groups is 1. The first-order valence-corrected chi connectivity index (χ1v) is 8.14. The fourth-order valence-electron chi connectivity index (χ4n) is 3.48. The van der Waals surface area contributed by atoms with Crippen molar-refractivity contribution in [1.82, 2.24) is 20.0 Å². The quantitative estimate of drug-likeness (QED) is 0.357. The molecule has 11 nitrogen and oxygen atoms in total. The lowest BCUT2D eigenvalue weighted by atomic mass is 9.97. The van der Waals surface area contributed by atoms with Gasteiger partial charge in [-0.1, -0.05) is 0 Å². The molecule has 0 unspecified atom stereocenters. The lowest BCUT2D eigenvalue weighted by Gasteiger charge is -2.27. The Labute approximate surface area is 151 Å². The number of carbonyl (C=O) groups excluding carboxylic acids is 1. The highest BCUT2D eigenvalue weighted by molar-refractivity contribution is 6.16. The predicted octanol–water partition coefficient (Wildman–Crippen LogP) is -1.16. The van der Waals surface area contributed by atoms with Crippen LogP contribution in [0, 0.1) is 0 Å². The highest BCUT2D eigenvalue weighted by Crippen LogP contribution is 2.39. The van der Waals surface area contributed by atoms with Crippen LogP contribution in [0.3, 0.4) is 0 Å². The number of anilines is 1. The van der Waals surface area contributed by atoms with Crippen molar-refractivity contribution in [3.63, 3.8) is 0 Å². The van der Waals surface area contributed by atoms with Crippen molar-refractivity contribution in [3.05, 3.63) is 28.8 Å². The monoisotopic (exact) mass is 375 g/mol. The van der Waals surface area contributed by atoms with Crippen LogP contribution >= 0.6 is 0 Å². The fraction of sp³-hybridized carbons (Fsp3) is 0.375. The highest BCUT2D eigenvalue weighted by atomic mass is 16.6. The van der Waals surface area contributed by atoms with E-state index < -0.39 is 36.2 Å². The summed E-state index contributed by atoms with van der Waals surface area (Å²) in [4.78, 5) is 23.1. The minimum atomic E-state index is -1.74. The lowest BCUT2D eigenvalue weighted by molar-refractivity contribution is -0.105. The molecule has 0 spiro atoms. The first kappa shape index (κ1) is 17.5. The van der Waals surface area contributed by atoms with Gasteiger partial charge in [-0.3, -0.25) is 9.59 Å².